The fraction of sp³-hybridized carbons (Fsp3) is 0.438. The van der Waals surface area contributed by atoms with Crippen molar-refractivity contribution in [2.24, 2.45) is 17.3 Å². The molecular formula is C32H35BCl2N8O. The van der Waals surface area contributed by atoms with Gasteiger partial charge in [0.25, 0.3) is 0 Å². The number of nitrogens with zero attached hydrogens (tertiary/aromatic N) is 4. The molecule has 4 heterocycles. The first-order valence-corrected chi connectivity index (χ1v) is 15.7. The molecule has 0 bridgehead atoms. The quantitative estimate of drug-likeness (QED) is 0.262. The van der Waals surface area contributed by atoms with Crippen LogP contribution >= 0.6 is 23.2 Å². The monoisotopic (exact) mass is 628 g/mol. The smallest absolute Gasteiger partial charge is 0.119 e. The molecule has 4 N–H and O–H groups in total. The Kier molecular flexibility index (Phi) is 7.38. The summed E-state index contributed by atoms with van der Waals surface area (Å²) in [5, 5.41) is 20.7. The molecule has 1 aromatic heterocycles. The summed E-state index contributed by atoms with van der Waals surface area (Å²) >= 11 is 13.6. The van der Waals surface area contributed by atoms with Gasteiger partial charge in [-0.3, -0.25) is 14.9 Å². The number of nitriles is 1. The summed E-state index contributed by atoms with van der Waals surface area (Å²) in [4.78, 5) is 7.07. The lowest BCUT2D eigenvalue weighted by molar-refractivity contribution is -0.0625. The summed E-state index contributed by atoms with van der Waals surface area (Å²) in [6.07, 6.45) is 3.60. The van der Waals surface area contributed by atoms with E-state index in [0.717, 1.165) is 31.7 Å². The van der Waals surface area contributed by atoms with Gasteiger partial charge in [0, 0.05) is 48.1 Å². The number of pyridine rings is 1. The minimum atomic E-state index is -1.25. The second kappa shape index (κ2) is 11.0. The molecule has 2 unspecified atom stereocenters. The van der Waals surface area contributed by atoms with Crippen LogP contribution in [0.15, 0.2) is 54.5 Å². The molecule has 1 saturated carbocycles. The van der Waals surface area contributed by atoms with Crippen molar-refractivity contribution in [1.29, 1.82) is 5.26 Å². The number of hydrazine groups is 2. The van der Waals surface area contributed by atoms with Gasteiger partial charge in [-0.15, -0.1) is 5.53 Å². The van der Waals surface area contributed by atoms with Crippen LogP contribution in [0, 0.1) is 28.6 Å². The Morgan fingerprint density at radius 3 is 2.55 bits per heavy atom. The molecule has 0 amide bonds. The van der Waals surface area contributed by atoms with Gasteiger partial charge in [0.05, 0.1) is 58.2 Å². The molecule has 2 aromatic carbocycles. The van der Waals surface area contributed by atoms with Gasteiger partial charge in [0.2, 0.25) is 0 Å². The number of piperidine rings is 1. The van der Waals surface area contributed by atoms with Gasteiger partial charge in [0.1, 0.15) is 13.9 Å². The molecule has 3 aromatic rings. The first-order chi connectivity index (χ1) is 21.1. The van der Waals surface area contributed by atoms with Crippen molar-refractivity contribution in [3.63, 3.8) is 0 Å². The van der Waals surface area contributed by atoms with Crippen molar-refractivity contribution in [2.75, 3.05) is 43.5 Å². The highest BCUT2D eigenvalue weighted by Crippen LogP contribution is 2.50. The molecule has 226 valence electrons. The van der Waals surface area contributed by atoms with Crippen LogP contribution in [0.1, 0.15) is 31.9 Å². The topological polar surface area (TPSA) is 101 Å². The van der Waals surface area contributed by atoms with Crippen LogP contribution in [-0.2, 0) is 10.2 Å². The number of likely N-dealkylation sites (tertiary alicyclic amines) is 1. The third-order valence-electron chi connectivity index (χ3n) is 9.13. The second-order valence-electron chi connectivity index (χ2n) is 13.5. The zero-order valence-corrected chi connectivity index (χ0v) is 26.5. The fourth-order valence-corrected chi connectivity index (χ4v) is 7.16. The fourth-order valence-electron chi connectivity index (χ4n) is 6.61. The predicted octanol–water partition coefficient (Wildman–Crippen LogP) is 4.80. The van der Waals surface area contributed by atoms with E-state index in [1.54, 1.807) is 12.3 Å². The van der Waals surface area contributed by atoms with Crippen molar-refractivity contribution in [2.45, 2.75) is 38.3 Å². The van der Waals surface area contributed by atoms with Crippen LogP contribution < -0.4 is 21.6 Å². The Hall–Kier alpha value is -3.20. The van der Waals surface area contributed by atoms with Crippen LogP contribution in [0.5, 0.6) is 0 Å². The Bertz CT molecular complexity index is 1670. The van der Waals surface area contributed by atoms with Crippen LogP contribution in [0.25, 0.3) is 10.9 Å². The average molecular weight is 629 g/mol. The Morgan fingerprint density at radius 1 is 1.14 bits per heavy atom. The van der Waals surface area contributed by atoms with Crippen LogP contribution in [0.4, 0.5) is 11.4 Å². The summed E-state index contributed by atoms with van der Waals surface area (Å²) in [5.41, 5.74) is 9.21. The maximum absolute atomic E-state index is 9.90. The van der Waals surface area contributed by atoms with Gasteiger partial charge in [-0.05, 0) is 41.0 Å². The lowest BCUT2D eigenvalue weighted by Gasteiger charge is -2.36. The van der Waals surface area contributed by atoms with E-state index in [1.165, 1.54) is 0 Å². The summed E-state index contributed by atoms with van der Waals surface area (Å²) in [7, 11) is 7.31. The predicted molar refractivity (Wildman–Crippen MR) is 175 cm³/mol. The molecule has 12 heteroatoms. The van der Waals surface area contributed by atoms with Crippen LogP contribution in [0.3, 0.4) is 0 Å². The molecule has 3 fully saturated rings. The molecule has 1 aliphatic carbocycles. The van der Waals surface area contributed by atoms with Crippen LogP contribution in [-0.4, -0.2) is 67.7 Å². The zero-order chi connectivity index (χ0) is 30.8. The molecule has 2 saturated heterocycles. The lowest BCUT2D eigenvalue weighted by atomic mass is 9.69. The van der Waals surface area contributed by atoms with Crippen molar-refractivity contribution in [3.05, 3.63) is 75.7 Å². The highest BCUT2D eigenvalue weighted by atomic mass is 35.5. The molecule has 4 atom stereocenters. The van der Waals surface area contributed by atoms with Gasteiger partial charge in [-0.1, -0.05) is 62.2 Å². The number of halogens is 2. The number of hydrogen-bond acceptors (Lipinski definition) is 9. The van der Waals surface area contributed by atoms with E-state index in [9.17, 15) is 5.26 Å². The molecule has 0 spiro atoms. The number of ether oxygens (including phenoxy) is 1. The largest absolute Gasteiger partial charge is 0.383 e. The van der Waals surface area contributed by atoms with Gasteiger partial charge in [0.15, 0.2) is 0 Å². The minimum Gasteiger partial charge on any atom is -0.383 e. The maximum Gasteiger partial charge on any atom is 0.119 e. The second-order valence-corrected chi connectivity index (χ2v) is 14.3. The van der Waals surface area contributed by atoms with Gasteiger partial charge in [-0.25, -0.2) is 0 Å². The summed E-state index contributed by atoms with van der Waals surface area (Å²) in [5.74, 6) is 1.20. The van der Waals surface area contributed by atoms with E-state index in [4.69, 9.17) is 35.8 Å². The Morgan fingerprint density at radius 2 is 1.89 bits per heavy atom. The SMILES string of the molecule is [B]C(Nc1cc(Cl)c2ncc(C#N)c(NCC(C)(C)C)c2c1)(C1=CN(C2[C@H]3CN(C4COC4)C[C@@H]23)NN1)c1ccccc1Cl. The highest BCUT2D eigenvalue weighted by Gasteiger charge is 2.60. The van der Waals surface area contributed by atoms with Gasteiger partial charge >= 0.3 is 0 Å². The molecule has 44 heavy (non-hydrogen) atoms. The first kappa shape index (κ1) is 29.5. The summed E-state index contributed by atoms with van der Waals surface area (Å²) in [6.45, 7) is 10.9. The molecule has 2 radical (unpaired) electrons. The third kappa shape index (κ3) is 5.25. The van der Waals surface area contributed by atoms with E-state index in [0.29, 0.717) is 74.2 Å². The minimum absolute atomic E-state index is 0.0120. The summed E-state index contributed by atoms with van der Waals surface area (Å²) < 4.78 is 5.41. The summed E-state index contributed by atoms with van der Waals surface area (Å²) in [6, 6.07) is 14.5. The first-order valence-electron chi connectivity index (χ1n) is 15.0. The van der Waals surface area contributed by atoms with E-state index in [2.05, 4.69) is 63.3 Å². The Labute approximate surface area is 269 Å². The number of aromatic nitrogens is 1. The van der Waals surface area contributed by atoms with Crippen LogP contribution in [0.2, 0.25) is 10.0 Å². The molecule has 4 aliphatic rings. The standard InChI is InChI=1S/C32H35BCl2N8O/c1-31(2,3)17-38-28-18(10-36)11-37-29-21(28)8-19(9-26(29)35)39-32(33,24-6-4-5-7-25(24)34)27-14-43(41-40-27)30-22-12-42(13-23(22)30)20-15-44-16-20/h4-9,11,14,20,22-23,30,39-41H,12-13,15-17H2,1-3H3,(H,37,38)/t22-,23+,30?,32?. The number of hydrogen-bond donors (Lipinski definition) is 4. The normalized spacial score (nSPS) is 24.6. The zero-order valence-electron chi connectivity index (χ0n) is 25.0. The molecular weight excluding hydrogens is 594 g/mol. The van der Waals surface area contributed by atoms with E-state index < -0.39 is 5.44 Å². The molecule has 7 rings (SSSR count). The number of rotatable bonds is 8. The van der Waals surface area contributed by atoms with E-state index >= 15 is 0 Å². The lowest BCUT2D eigenvalue weighted by Crippen LogP contribution is -2.50. The number of benzene rings is 2. The van der Waals surface area contributed by atoms with Crippen molar-refractivity contribution in [3.8, 4) is 6.07 Å². The maximum atomic E-state index is 9.90. The third-order valence-corrected chi connectivity index (χ3v) is 9.75. The van der Waals surface area contributed by atoms with E-state index in [-0.39, 0.29) is 5.41 Å². The average Bonchev–Trinajstić information content (AvgIpc) is 3.27. The number of fused-ring (bicyclic) bond motifs is 2. The van der Waals surface area contributed by atoms with Gasteiger partial charge < -0.3 is 20.8 Å². The molecule has 9 nitrogen and oxygen atoms in total. The highest BCUT2D eigenvalue weighted by molar-refractivity contribution is 6.36. The number of nitrogens with one attached hydrogen (secondary N) is 4. The Balaban J connectivity index is 1.22. The van der Waals surface area contributed by atoms with E-state index in [1.807, 2.05) is 36.5 Å². The number of anilines is 2. The van der Waals surface area contributed by atoms with Gasteiger partial charge in [-0.2, -0.15) is 5.26 Å². The van der Waals surface area contributed by atoms with Crippen molar-refractivity contribution >= 4 is 53.3 Å². The van der Waals surface area contributed by atoms with Crippen molar-refractivity contribution < 1.29 is 4.74 Å². The van der Waals surface area contributed by atoms with Crippen molar-refractivity contribution in [1.82, 2.24) is 25.9 Å². The molecule has 3 aliphatic heterocycles.